The summed E-state index contributed by atoms with van der Waals surface area (Å²) < 4.78 is 5.11. The van der Waals surface area contributed by atoms with E-state index in [0.717, 1.165) is 18.5 Å². The van der Waals surface area contributed by atoms with Crippen molar-refractivity contribution < 1.29 is 9.84 Å². The second-order valence-electron chi connectivity index (χ2n) is 5.40. The van der Waals surface area contributed by atoms with Crippen LogP contribution in [0.3, 0.4) is 0 Å². The summed E-state index contributed by atoms with van der Waals surface area (Å²) in [5, 5.41) is 10.0. The molecule has 3 N–H and O–H groups in total. The van der Waals surface area contributed by atoms with Gasteiger partial charge in [-0.2, -0.15) is 0 Å². The third kappa shape index (κ3) is 4.73. The lowest BCUT2D eigenvalue weighted by atomic mass is 10.0. The summed E-state index contributed by atoms with van der Waals surface area (Å²) in [5.41, 5.74) is 6.91. The number of phenols is 1. The zero-order chi connectivity index (χ0) is 14.4. The van der Waals surface area contributed by atoms with Gasteiger partial charge in [0.15, 0.2) is 11.5 Å². The summed E-state index contributed by atoms with van der Waals surface area (Å²) in [6, 6.07) is 5.78. The molecule has 1 atom stereocenters. The first-order valence-electron chi connectivity index (χ1n) is 6.74. The molecule has 0 heterocycles. The number of benzene rings is 1. The number of hydrogen-bond donors (Lipinski definition) is 2. The zero-order valence-corrected chi connectivity index (χ0v) is 12.4. The van der Waals surface area contributed by atoms with Crippen molar-refractivity contribution in [2.24, 2.45) is 11.7 Å². The number of para-hydroxylation sites is 1. The lowest BCUT2D eigenvalue weighted by molar-refractivity contribution is 0.289. The van der Waals surface area contributed by atoms with Gasteiger partial charge >= 0.3 is 0 Å². The van der Waals surface area contributed by atoms with E-state index in [2.05, 4.69) is 18.7 Å². The number of aromatic hydroxyl groups is 1. The number of ether oxygens (including phenoxy) is 1. The number of methoxy groups -OCH3 is 1. The zero-order valence-electron chi connectivity index (χ0n) is 12.4. The molecule has 0 fully saturated rings. The lowest BCUT2D eigenvalue weighted by Gasteiger charge is -2.22. The fourth-order valence-corrected chi connectivity index (χ4v) is 1.93. The minimum absolute atomic E-state index is 0.223. The molecular formula is C15H26N2O2. The molecule has 0 aliphatic carbocycles. The van der Waals surface area contributed by atoms with Gasteiger partial charge in [-0.15, -0.1) is 0 Å². The van der Waals surface area contributed by atoms with Crippen molar-refractivity contribution in [1.29, 1.82) is 0 Å². The molecule has 1 unspecified atom stereocenters. The van der Waals surface area contributed by atoms with Gasteiger partial charge in [0.1, 0.15) is 0 Å². The van der Waals surface area contributed by atoms with Crippen LogP contribution in [0.5, 0.6) is 11.5 Å². The first kappa shape index (κ1) is 15.8. The molecule has 0 amide bonds. The van der Waals surface area contributed by atoms with E-state index >= 15 is 0 Å². The van der Waals surface area contributed by atoms with E-state index in [9.17, 15) is 5.11 Å². The Balaban J connectivity index is 2.55. The number of phenolic OH excluding ortho intramolecular Hbond substituents is 1. The molecule has 0 saturated carbocycles. The fraction of sp³-hybridized carbons (Fsp3) is 0.600. The summed E-state index contributed by atoms with van der Waals surface area (Å²) in [6.07, 6.45) is 0.957. The van der Waals surface area contributed by atoms with Crippen LogP contribution in [-0.2, 0) is 6.54 Å². The molecule has 0 saturated heterocycles. The lowest BCUT2D eigenvalue weighted by Crippen LogP contribution is -2.31. The van der Waals surface area contributed by atoms with Crippen molar-refractivity contribution in [3.05, 3.63) is 23.8 Å². The third-order valence-corrected chi connectivity index (χ3v) is 3.44. The van der Waals surface area contributed by atoms with E-state index in [4.69, 9.17) is 10.5 Å². The van der Waals surface area contributed by atoms with E-state index in [1.807, 2.05) is 19.2 Å². The Kier molecular flexibility index (Phi) is 6.12. The van der Waals surface area contributed by atoms with Crippen molar-refractivity contribution >= 4 is 0 Å². The Morgan fingerprint density at radius 1 is 1.37 bits per heavy atom. The molecule has 4 heteroatoms. The van der Waals surface area contributed by atoms with Crippen LogP contribution in [0.15, 0.2) is 18.2 Å². The SMILES string of the molecule is COc1cccc(CN(C)CCC(N)C(C)C)c1O. The average molecular weight is 266 g/mol. The van der Waals surface area contributed by atoms with Crippen molar-refractivity contribution in [3.63, 3.8) is 0 Å². The van der Waals surface area contributed by atoms with Gasteiger partial charge in [-0.05, 0) is 32.0 Å². The van der Waals surface area contributed by atoms with Gasteiger partial charge in [-0.1, -0.05) is 26.0 Å². The minimum Gasteiger partial charge on any atom is -0.504 e. The summed E-state index contributed by atoms with van der Waals surface area (Å²) in [7, 11) is 3.59. The molecule has 0 radical (unpaired) electrons. The predicted molar refractivity (Wildman–Crippen MR) is 78.4 cm³/mol. The van der Waals surface area contributed by atoms with Gasteiger partial charge in [0, 0.05) is 18.2 Å². The van der Waals surface area contributed by atoms with Crippen LogP contribution in [0.25, 0.3) is 0 Å². The Bertz CT molecular complexity index is 394. The normalized spacial score (nSPS) is 13.0. The van der Waals surface area contributed by atoms with Gasteiger partial charge in [0.05, 0.1) is 7.11 Å². The van der Waals surface area contributed by atoms with E-state index in [1.54, 1.807) is 13.2 Å². The Labute approximate surface area is 116 Å². The summed E-state index contributed by atoms with van der Waals surface area (Å²) in [5.74, 6) is 1.24. The van der Waals surface area contributed by atoms with Crippen LogP contribution in [0.1, 0.15) is 25.8 Å². The Hall–Kier alpha value is -1.26. The molecule has 19 heavy (non-hydrogen) atoms. The standard InChI is InChI=1S/C15H26N2O2/c1-11(2)13(16)8-9-17(3)10-12-6-5-7-14(19-4)15(12)18/h5-7,11,13,18H,8-10,16H2,1-4H3. The van der Waals surface area contributed by atoms with Crippen molar-refractivity contribution in [1.82, 2.24) is 4.90 Å². The van der Waals surface area contributed by atoms with Gasteiger partial charge in [0.2, 0.25) is 0 Å². The van der Waals surface area contributed by atoms with Crippen LogP contribution >= 0.6 is 0 Å². The number of hydrogen-bond acceptors (Lipinski definition) is 4. The largest absolute Gasteiger partial charge is 0.504 e. The van der Waals surface area contributed by atoms with Crippen LogP contribution < -0.4 is 10.5 Å². The highest BCUT2D eigenvalue weighted by atomic mass is 16.5. The maximum Gasteiger partial charge on any atom is 0.162 e. The van der Waals surface area contributed by atoms with Gasteiger partial charge in [0.25, 0.3) is 0 Å². The predicted octanol–water partition coefficient (Wildman–Crippen LogP) is 2.21. The molecule has 108 valence electrons. The maximum absolute atomic E-state index is 10.0. The van der Waals surface area contributed by atoms with Gasteiger partial charge < -0.3 is 20.5 Å². The molecule has 1 aromatic carbocycles. The average Bonchev–Trinajstić information content (AvgIpc) is 2.38. The van der Waals surface area contributed by atoms with E-state index in [1.165, 1.54) is 0 Å². The Morgan fingerprint density at radius 3 is 2.63 bits per heavy atom. The number of rotatable bonds is 7. The van der Waals surface area contributed by atoms with Crippen molar-refractivity contribution in [3.8, 4) is 11.5 Å². The molecule has 0 aliphatic rings. The highest BCUT2D eigenvalue weighted by molar-refractivity contribution is 5.45. The maximum atomic E-state index is 10.0. The number of nitrogens with zero attached hydrogens (tertiary/aromatic N) is 1. The molecule has 0 aliphatic heterocycles. The highest BCUT2D eigenvalue weighted by Gasteiger charge is 2.12. The molecule has 1 rings (SSSR count). The van der Waals surface area contributed by atoms with E-state index in [0.29, 0.717) is 18.2 Å². The van der Waals surface area contributed by atoms with Crippen LogP contribution in [-0.4, -0.2) is 36.8 Å². The second-order valence-corrected chi connectivity index (χ2v) is 5.40. The molecule has 0 spiro atoms. The van der Waals surface area contributed by atoms with Crippen molar-refractivity contribution in [2.75, 3.05) is 20.7 Å². The molecule has 1 aromatic rings. The topological polar surface area (TPSA) is 58.7 Å². The van der Waals surface area contributed by atoms with E-state index in [-0.39, 0.29) is 11.8 Å². The van der Waals surface area contributed by atoms with E-state index < -0.39 is 0 Å². The molecule has 0 bridgehead atoms. The number of nitrogens with two attached hydrogens (primary N) is 1. The van der Waals surface area contributed by atoms with Gasteiger partial charge in [-0.3, -0.25) is 0 Å². The monoisotopic (exact) mass is 266 g/mol. The summed E-state index contributed by atoms with van der Waals surface area (Å²) in [4.78, 5) is 2.16. The highest BCUT2D eigenvalue weighted by Crippen LogP contribution is 2.29. The quantitative estimate of drug-likeness (QED) is 0.794. The second kappa shape index (κ2) is 7.36. The smallest absolute Gasteiger partial charge is 0.162 e. The fourth-order valence-electron chi connectivity index (χ4n) is 1.93. The van der Waals surface area contributed by atoms with Crippen LogP contribution in [0.2, 0.25) is 0 Å². The first-order valence-corrected chi connectivity index (χ1v) is 6.74. The first-order chi connectivity index (χ1) is 8.95. The van der Waals surface area contributed by atoms with Crippen molar-refractivity contribution in [2.45, 2.75) is 32.9 Å². The molecule has 0 aromatic heterocycles. The summed E-state index contributed by atoms with van der Waals surface area (Å²) in [6.45, 7) is 5.88. The minimum atomic E-state index is 0.223. The molecular weight excluding hydrogens is 240 g/mol. The third-order valence-electron chi connectivity index (χ3n) is 3.44. The van der Waals surface area contributed by atoms with Gasteiger partial charge in [-0.25, -0.2) is 0 Å². The Morgan fingerprint density at radius 2 is 2.05 bits per heavy atom. The molecule has 4 nitrogen and oxygen atoms in total. The van der Waals surface area contributed by atoms with Crippen LogP contribution in [0, 0.1) is 5.92 Å². The summed E-state index contributed by atoms with van der Waals surface area (Å²) >= 11 is 0. The van der Waals surface area contributed by atoms with Crippen LogP contribution in [0.4, 0.5) is 0 Å².